The first-order chi connectivity index (χ1) is 9.77. The van der Waals surface area contributed by atoms with E-state index in [1.807, 2.05) is 0 Å². The molecule has 116 valence electrons. The molecule has 2 rings (SSSR count). The van der Waals surface area contributed by atoms with Crippen molar-refractivity contribution in [1.29, 1.82) is 0 Å². The van der Waals surface area contributed by atoms with E-state index in [0.29, 0.717) is 18.5 Å². The Morgan fingerprint density at radius 2 is 2.05 bits per heavy atom. The van der Waals surface area contributed by atoms with Crippen LogP contribution in [0.4, 0.5) is 18.9 Å². The fourth-order valence-electron chi connectivity index (χ4n) is 2.61. The van der Waals surface area contributed by atoms with Crippen LogP contribution in [0.5, 0.6) is 0 Å². The molecule has 0 heterocycles. The number of alkyl halides is 3. The number of hydrogen-bond acceptors (Lipinski definition) is 2. The summed E-state index contributed by atoms with van der Waals surface area (Å²) >= 11 is 5.56. The van der Waals surface area contributed by atoms with E-state index in [-0.39, 0.29) is 11.1 Å². The molecule has 7 heteroatoms. The largest absolute Gasteiger partial charge is 0.481 e. The van der Waals surface area contributed by atoms with Gasteiger partial charge in [0.1, 0.15) is 0 Å². The Hall–Kier alpha value is -1.43. The van der Waals surface area contributed by atoms with Gasteiger partial charge in [0.25, 0.3) is 0 Å². The number of benzene rings is 1. The van der Waals surface area contributed by atoms with Crippen LogP contribution in [0.1, 0.15) is 31.2 Å². The molecule has 2 N–H and O–H groups in total. The molecule has 2 unspecified atom stereocenters. The molecule has 0 spiro atoms. The van der Waals surface area contributed by atoms with Crippen molar-refractivity contribution in [3.8, 4) is 0 Å². The normalized spacial score (nSPS) is 22.9. The van der Waals surface area contributed by atoms with E-state index in [2.05, 4.69) is 5.32 Å². The predicted octanol–water partition coefficient (Wildman–Crippen LogP) is 4.41. The van der Waals surface area contributed by atoms with Crippen molar-refractivity contribution >= 4 is 23.3 Å². The Morgan fingerprint density at radius 1 is 1.33 bits per heavy atom. The second-order valence-corrected chi connectivity index (χ2v) is 5.64. The predicted molar refractivity (Wildman–Crippen MR) is 73.5 cm³/mol. The van der Waals surface area contributed by atoms with Crippen LogP contribution >= 0.6 is 11.6 Å². The monoisotopic (exact) mass is 321 g/mol. The first kappa shape index (κ1) is 15.9. The zero-order valence-corrected chi connectivity index (χ0v) is 11.8. The lowest BCUT2D eigenvalue weighted by Crippen LogP contribution is -2.31. The zero-order valence-electron chi connectivity index (χ0n) is 11.1. The van der Waals surface area contributed by atoms with Gasteiger partial charge in [-0.1, -0.05) is 18.0 Å². The number of hydrogen-bond donors (Lipinski definition) is 2. The van der Waals surface area contributed by atoms with E-state index >= 15 is 0 Å². The fourth-order valence-corrected chi connectivity index (χ4v) is 2.84. The standard InChI is InChI=1S/C14H15ClF3NO2/c15-12-5-4-10(7-11(12)14(16,17)18)19-9-3-1-2-8(6-9)13(20)21/h4-5,7-9,19H,1-3,6H2,(H,20,21). The van der Waals surface area contributed by atoms with Gasteiger partial charge in [-0.2, -0.15) is 13.2 Å². The molecule has 1 aliphatic rings. The number of rotatable bonds is 3. The molecule has 2 atom stereocenters. The van der Waals surface area contributed by atoms with Crippen LogP contribution in [0.2, 0.25) is 5.02 Å². The molecule has 0 bridgehead atoms. The summed E-state index contributed by atoms with van der Waals surface area (Å²) in [6.07, 6.45) is -1.99. The maximum Gasteiger partial charge on any atom is 0.417 e. The van der Waals surface area contributed by atoms with Gasteiger partial charge in [-0.15, -0.1) is 0 Å². The summed E-state index contributed by atoms with van der Waals surface area (Å²) < 4.78 is 38.4. The van der Waals surface area contributed by atoms with Crippen molar-refractivity contribution in [2.75, 3.05) is 5.32 Å². The number of anilines is 1. The highest BCUT2D eigenvalue weighted by atomic mass is 35.5. The molecule has 0 radical (unpaired) electrons. The third-order valence-electron chi connectivity index (χ3n) is 3.67. The van der Waals surface area contributed by atoms with Crippen molar-refractivity contribution in [2.24, 2.45) is 5.92 Å². The van der Waals surface area contributed by atoms with Crippen LogP contribution in [0.25, 0.3) is 0 Å². The molecular formula is C14H15ClF3NO2. The second-order valence-electron chi connectivity index (χ2n) is 5.24. The number of carboxylic acids is 1. The van der Waals surface area contributed by atoms with Gasteiger partial charge >= 0.3 is 12.1 Å². The lowest BCUT2D eigenvalue weighted by Gasteiger charge is -2.28. The third-order valence-corrected chi connectivity index (χ3v) is 4.00. The number of carboxylic acid groups (broad SMARTS) is 1. The molecule has 1 aliphatic carbocycles. The number of halogens is 4. The number of carbonyl (C=O) groups is 1. The van der Waals surface area contributed by atoms with Crippen LogP contribution < -0.4 is 5.32 Å². The van der Waals surface area contributed by atoms with Gasteiger partial charge in [0, 0.05) is 11.7 Å². The lowest BCUT2D eigenvalue weighted by molar-refractivity contribution is -0.143. The van der Waals surface area contributed by atoms with Gasteiger partial charge in [-0.05, 0) is 37.5 Å². The highest BCUT2D eigenvalue weighted by molar-refractivity contribution is 6.31. The van der Waals surface area contributed by atoms with Gasteiger partial charge in [0.05, 0.1) is 16.5 Å². The van der Waals surface area contributed by atoms with Crippen molar-refractivity contribution < 1.29 is 23.1 Å². The lowest BCUT2D eigenvalue weighted by atomic mass is 9.85. The van der Waals surface area contributed by atoms with E-state index in [1.54, 1.807) is 0 Å². The Labute approximate surface area is 125 Å². The zero-order chi connectivity index (χ0) is 15.6. The summed E-state index contributed by atoms with van der Waals surface area (Å²) in [6.45, 7) is 0. The first-order valence-electron chi connectivity index (χ1n) is 6.63. The van der Waals surface area contributed by atoms with Gasteiger partial charge in [0.2, 0.25) is 0 Å². The summed E-state index contributed by atoms with van der Waals surface area (Å²) in [5, 5.41) is 11.7. The molecule has 0 aromatic heterocycles. The summed E-state index contributed by atoms with van der Waals surface area (Å²) in [7, 11) is 0. The second kappa shape index (κ2) is 6.13. The number of aliphatic carboxylic acids is 1. The van der Waals surface area contributed by atoms with Crippen LogP contribution in [0.15, 0.2) is 18.2 Å². The molecule has 21 heavy (non-hydrogen) atoms. The summed E-state index contributed by atoms with van der Waals surface area (Å²) in [5.74, 6) is -1.29. The fraction of sp³-hybridized carbons (Fsp3) is 0.500. The highest BCUT2D eigenvalue weighted by Gasteiger charge is 2.34. The Kier molecular flexibility index (Phi) is 4.66. The minimum absolute atomic E-state index is 0.137. The van der Waals surface area contributed by atoms with Crippen LogP contribution in [-0.2, 0) is 11.0 Å². The smallest absolute Gasteiger partial charge is 0.417 e. The van der Waals surface area contributed by atoms with E-state index in [1.165, 1.54) is 12.1 Å². The maximum absolute atomic E-state index is 12.8. The molecular weight excluding hydrogens is 307 g/mol. The van der Waals surface area contributed by atoms with Crippen LogP contribution in [-0.4, -0.2) is 17.1 Å². The third kappa shape index (κ3) is 4.03. The summed E-state index contributed by atoms with van der Waals surface area (Å²) in [4.78, 5) is 11.0. The Morgan fingerprint density at radius 3 is 2.67 bits per heavy atom. The average Bonchev–Trinajstić information content (AvgIpc) is 2.40. The minimum Gasteiger partial charge on any atom is -0.481 e. The Balaban J connectivity index is 2.11. The van der Waals surface area contributed by atoms with E-state index in [9.17, 15) is 18.0 Å². The van der Waals surface area contributed by atoms with Gasteiger partial charge in [-0.3, -0.25) is 4.79 Å². The van der Waals surface area contributed by atoms with Crippen molar-refractivity contribution in [3.05, 3.63) is 28.8 Å². The molecule has 1 aromatic rings. The molecule has 0 amide bonds. The van der Waals surface area contributed by atoms with E-state index < -0.39 is 23.6 Å². The van der Waals surface area contributed by atoms with Gasteiger partial charge < -0.3 is 10.4 Å². The highest BCUT2D eigenvalue weighted by Crippen LogP contribution is 2.37. The van der Waals surface area contributed by atoms with E-state index in [0.717, 1.165) is 18.9 Å². The molecule has 1 fully saturated rings. The van der Waals surface area contributed by atoms with Crippen LogP contribution in [0.3, 0.4) is 0 Å². The summed E-state index contributed by atoms with van der Waals surface area (Å²) in [5.41, 5.74) is -0.581. The molecule has 3 nitrogen and oxygen atoms in total. The number of nitrogens with one attached hydrogen (secondary N) is 1. The van der Waals surface area contributed by atoms with Crippen molar-refractivity contribution in [3.63, 3.8) is 0 Å². The first-order valence-corrected chi connectivity index (χ1v) is 7.01. The average molecular weight is 322 g/mol. The molecule has 0 saturated heterocycles. The minimum atomic E-state index is -4.51. The topological polar surface area (TPSA) is 49.3 Å². The maximum atomic E-state index is 12.8. The molecule has 1 aromatic carbocycles. The van der Waals surface area contributed by atoms with E-state index in [4.69, 9.17) is 16.7 Å². The van der Waals surface area contributed by atoms with Crippen LogP contribution in [0, 0.1) is 5.92 Å². The Bertz CT molecular complexity index is 533. The van der Waals surface area contributed by atoms with Crippen molar-refractivity contribution in [2.45, 2.75) is 37.9 Å². The van der Waals surface area contributed by atoms with Crippen molar-refractivity contribution in [1.82, 2.24) is 0 Å². The molecule has 1 saturated carbocycles. The quantitative estimate of drug-likeness (QED) is 0.866. The summed E-state index contributed by atoms with van der Waals surface area (Å²) in [6, 6.07) is 3.50. The molecule has 0 aliphatic heterocycles. The van der Waals surface area contributed by atoms with Gasteiger partial charge in [0.15, 0.2) is 0 Å². The SMILES string of the molecule is O=C(O)C1CCCC(Nc2ccc(Cl)c(C(F)(F)F)c2)C1. The van der Waals surface area contributed by atoms with Gasteiger partial charge in [-0.25, -0.2) is 0 Å².